The molecule has 0 atom stereocenters. The lowest BCUT2D eigenvalue weighted by molar-refractivity contribution is -0.141. The fourth-order valence-corrected chi connectivity index (χ4v) is 2.79. The molecule has 0 aliphatic heterocycles. The standard InChI is InChI=1S/C22H28N2O2/c1-17(2)24(15-20-8-6-5-7-9-20)22(26)16-23(19(4)25)14-21-12-10-18(3)11-13-21/h5-13,17H,14-16H2,1-4H3. The van der Waals surface area contributed by atoms with Gasteiger partial charge in [0.15, 0.2) is 0 Å². The molecule has 0 unspecified atom stereocenters. The van der Waals surface area contributed by atoms with Crippen molar-refractivity contribution in [3.63, 3.8) is 0 Å². The third-order valence-corrected chi connectivity index (χ3v) is 4.40. The average Bonchev–Trinajstić information content (AvgIpc) is 2.61. The van der Waals surface area contributed by atoms with E-state index < -0.39 is 0 Å². The predicted octanol–water partition coefficient (Wildman–Crippen LogP) is 3.78. The second-order valence-electron chi connectivity index (χ2n) is 6.96. The highest BCUT2D eigenvalue weighted by atomic mass is 16.2. The summed E-state index contributed by atoms with van der Waals surface area (Å²) in [5.74, 6) is -0.131. The predicted molar refractivity (Wildman–Crippen MR) is 104 cm³/mol. The summed E-state index contributed by atoms with van der Waals surface area (Å²) in [5, 5.41) is 0. The van der Waals surface area contributed by atoms with Gasteiger partial charge in [0.1, 0.15) is 6.54 Å². The molecule has 138 valence electrons. The van der Waals surface area contributed by atoms with Crippen molar-refractivity contribution in [2.75, 3.05) is 6.54 Å². The molecule has 0 saturated heterocycles. The SMILES string of the molecule is CC(=O)N(CC(=O)N(Cc1ccccc1)C(C)C)Cc1ccc(C)cc1. The van der Waals surface area contributed by atoms with E-state index in [1.165, 1.54) is 12.5 Å². The summed E-state index contributed by atoms with van der Waals surface area (Å²) in [6.07, 6.45) is 0. The van der Waals surface area contributed by atoms with E-state index in [1.807, 2.05) is 80.3 Å². The van der Waals surface area contributed by atoms with E-state index >= 15 is 0 Å². The Hall–Kier alpha value is -2.62. The summed E-state index contributed by atoms with van der Waals surface area (Å²) >= 11 is 0. The lowest BCUT2D eigenvalue weighted by Crippen LogP contribution is -2.44. The molecule has 0 aliphatic carbocycles. The van der Waals surface area contributed by atoms with Crippen molar-refractivity contribution < 1.29 is 9.59 Å². The molecule has 0 bridgehead atoms. The van der Waals surface area contributed by atoms with Crippen molar-refractivity contribution in [3.05, 3.63) is 71.3 Å². The number of rotatable bonds is 7. The van der Waals surface area contributed by atoms with Crippen molar-refractivity contribution in [3.8, 4) is 0 Å². The Morgan fingerprint density at radius 3 is 2.00 bits per heavy atom. The Morgan fingerprint density at radius 1 is 0.885 bits per heavy atom. The van der Waals surface area contributed by atoms with Crippen LogP contribution < -0.4 is 0 Å². The van der Waals surface area contributed by atoms with E-state index in [-0.39, 0.29) is 24.4 Å². The maximum Gasteiger partial charge on any atom is 0.242 e. The Kier molecular flexibility index (Phi) is 6.96. The minimum Gasteiger partial charge on any atom is -0.334 e. The van der Waals surface area contributed by atoms with Crippen LogP contribution >= 0.6 is 0 Å². The van der Waals surface area contributed by atoms with Gasteiger partial charge in [0.25, 0.3) is 0 Å². The van der Waals surface area contributed by atoms with Crippen LogP contribution in [0.2, 0.25) is 0 Å². The Labute approximate surface area is 156 Å². The summed E-state index contributed by atoms with van der Waals surface area (Å²) in [6.45, 7) is 8.62. The van der Waals surface area contributed by atoms with E-state index in [1.54, 1.807) is 4.90 Å². The first-order valence-corrected chi connectivity index (χ1v) is 9.01. The van der Waals surface area contributed by atoms with Gasteiger partial charge in [-0.05, 0) is 31.9 Å². The van der Waals surface area contributed by atoms with Crippen LogP contribution in [-0.2, 0) is 22.7 Å². The van der Waals surface area contributed by atoms with E-state index in [0.29, 0.717) is 13.1 Å². The van der Waals surface area contributed by atoms with Gasteiger partial charge in [0.05, 0.1) is 0 Å². The fourth-order valence-electron chi connectivity index (χ4n) is 2.79. The molecule has 2 rings (SSSR count). The van der Waals surface area contributed by atoms with Gasteiger partial charge in [-0.1, -0.05) is 60.2 Å². The van der Waals surface area contributed by atoms with Crippen LogP contribution in [0.4, 0.5) is 0 Å². The molecular formula is C22H28N2O2. The summed E-state index contributed by atoms with van der Waals surface area (Å²) in [4.78, 5) is 28.4. The van der Waals surface area contributed by atoms with Crippen molar-refractivity contribution in [1.82, 2.24) is 9.80 Å². The van der Waals surface area contributed by atoms with Gasteiger partial charge in [0.2, 0.25) is 11.8 Å². The van der Waals surface area contributed by atoms with E-state index in [9.17, 15) is 9.59 Å². The smallest absolute Gasteiger partial charge is 0.242 e. The van der Waals surface area contributed by atoms with Crippen molar-refractivity contribution >= 4 is 11.8 Å². The van der Waals surface area contributed by atoms with Gasteiger partial charge in [0, 0.05) is 26.1 Å². The van der Waals surface area contributed by atoms with Crippen LogP contribution in [0.1, 0.15) is 37.5 Å². The number of hydrogen-bond donors (Lipinski definition) is 0. The van der Waals surface area contributed by atoms with Gasteiger partial charge >= 0.3 is 0 Å². The monoisotopic (exact) mass is 352 g/mol. The van der Waals surface area contributed by atoms with Gasteiger partial charge in [-0.3, -0.25) is 9.59 Å². The minimum atomic E-state index is -0.0951. The number of amides is 2. The summed E-state index contributed by atoms with van der Waals surface area (Å²) < 4.78 is 0. The summed E-state index contributed by atoms with van der Waals surface area (Å²) in [6, 6.07) is 18.0. The molecule has 0 saturated carbocycles. The first kappa shape index (κ1) is 19.7. The number of hydrogen-bond acceptors (Lipinski definition) is 2. The second kappa shape index (κ2) is 9.18. The summed E-state index contributed by atoms with van der Waals surface area (Å²) in [5.41, 5.74) is 3.29. The van der Waals surface area contributed by atoms with Crippen LogP contribution in [0.15, 0.2) is 54.6 Å². The molecule has 0 fully saturated rings. The lowest BCUT2D eigenvalue weighted by Gasteiger charge is -2.30. The average molecular weight is 352 g/mol. The molecule has 26 heavy (non-hydrogen) atoms. The summed E-state index contributed by atoms with van der Waals surface area (Å²) in [7, 11) is 0. The number of nitrogens with zero attached hydrogens (tertiary/aromatic N) is 2. The quantitative estimate of drug-likeness (QED) is 0.761. The molecule has 0 aliphatic rings. The van der Waals surface area contributed by atoms with Crippen LogP contribution in [0.3, 0.4) is 0 Å². The van der Waals surface area contributed by atoms with Gasteiger partial charge in [-0.2, -0.15) is 0 Å². The van der Waals surface area contributed by atoms with Crippen molar-refractivity contribution in [1.29, 1.82) is 0 Å². The highest BCUT2D eigenvalue weighted by Crippen LogP contribution is 2.12. The molecular weight excluding hydrogens is 324 g/mol. The molecule has 4 nitrogen and oxygen atoms in total. The molecule has 0 aromatic heterocycles. The number of benzene rings is 2. The number of carbonyl (C=O) groups excluding carboxylic acids is 2. The van der Waals surface area contributed by atoms with Crippen molar-refractivity contribution in [2.45, 2.75) is 46.8 Å². The van der Waals surface area contributed by atoms with E-state index in [2.05, 4.69) is 0 Å². The number of aryl methyl sites for hydroxylation is 1. The second-order valence-corrected chi connectivity index (χ2v) is 6.96. The zero-order valence-corrected chi connectivity index (χ0v) is 16.1. The van der Waals surface area contributed by atoms with Crippen LogP contribution in [0.25, 0.3) is 0 Å². The Balaban J connectivity index is 2.08. The lowest BCUT2D eigenvalue weighted by atomic mass is 10.1. The minimum absolute atomic E-state index is 0.0360. The molecule has 2 amide bonds. The molecule has 0 radical (unpaired) electrons. The van der Waals surface area contributed by atoms with Gasteiger partial charge < -0.3 is 9.80 Å². The molecule has 4 heteroatoms. The molecule has 0 N–H and O–H groups in total. The molecule has 0 heterocycles. The van der Waals surface area contributed by atoms with E-state index in [0.717, 1.165) is 11.1 Å². The Bertz CT molecular complexity index is 724. The fraction of sp³-hybridized carbons (Fsp3) is 0.364. The van der Waals surface area contributed by atoms with Gasteiger partial charge in [-0.25, -0.2) is 0 Å². The zero-order chi connectivity index (χ0) is 19.1. The van der Waals surface area contributed by atoms with E-state index in [4.69, 9.17) is 0 Å². The third kappa shape index (κ3) is 5.73. The molecule has 2 aromatic rings. The zero-order valence-electron chi connectivity index (χ0n) is 16.1. The maximum absolute atomic E-state index is 12.9. The highest BCUT2D eigenvalue weighted by Gasteiger charge is 2.21. The number of carbonyl (C=O) groups is 2. The van der Waals surface area contributed by atoms with Crippen molar-refractivity contribution in [2.24, 2.45) is 0 Å². The van der Waals surface area contributed by atoms with Crippen LogP contribution in [-0.4, -0.2) is 34.2 Å². The highest BCUT2D eigenvalue weighted by molar-refractivity contribution is 5.84. The topological polar surface area (TPSA) is 40.6 Å². The first-order valence-electron chi connectivity index (χ1n) is 9.01. The maximum atomic E-state index is 12.9. The first-order chi connectivity index (χ1) is 12.4. The van der Waals surface area contributed by atoms with Crippen LogP contribution in [0, 0.1) is 6.92 Å². The van der Waals surface area contributed by atoms with Gasteiger partial charge in [-0.15, -0.1) is 0 Å². The third-order valence-electron chi connectivity index (χ3n) is 4.40. The largest absolute Gasteiger partial charge is 0.334 e. The normalized spacial score (nSPS) is 10.7. The van der Waals surface area contributed by atoms with Crippen LogP contribution in [0.5, 0.6) is 0 Å². The Morgan fingerprint density at radius 2 is 1.46 bits per heavy atom. The molecule has 2 aromatic carbocycles. The molecule has 0 spiro atoms.